The highest BCUT2D eigenvalue weighted by Crippen LogP contribution is 2.30. The Morgan fingerprint density at radius 2 is 1.65 bits per heavy atom. The molecule has 2 aliphatic rings. The van der Waals surface area contributed by atoms with E-state index in [4.69, 9.17) is 0 Å². The Bertz CT molecular complexity index is 1140. The van der Waals surface area contributed by atoms with Gasteiger partial charge in [0.2, 0.25) is 5.91 Å². The Balaban J connectivity index is 1.10. The van der Waals surface area contributed by atoms with Gasteiger partial charge in [-0.3, -0.25) is 9.59 Å². The maximum atomic E-state index is 13.1. The van der Waals surface area contributed by atoms with Crippen LogP contribution in [0, 0.1) is 11.7 Å². The first-order valence-corrected chi connectivity index (χ1v) is 11.5. The molecule has 1 aromatic heterocycles. The van der Waals surface area contributed by atoms with Crippen LogP contribution in [-0.2, 0) is 4.79 Å². The number of halogens is 1. The number of piperidine rings is 1. The van der Waals surface area contributed by atoms with Gasteiger partial charge in [0.25, 0.3) is 5.91 Å². The van der Waals surface area contributed by atoms with Crippen LogP contribution < -0.4 is 10.2 Å². The van der Waals surface area contributed by atoms with E-state index in [0.29, 0.717) is 37.7 Å². The lowest BCUT2D eigenvalue weighted by molar-refractivity contribution is -0.120. The van der Waals surface area contributed by atoms with Gasteiger partial charge in [-0.2, -0.15) is 5.10 Å². The summed E-state index contributed by atoms with van der Waals surface area (Å²) in [6, 6.07) is 17.5. The van der Waals surface area contributed by atoms with Gasteiger partial charge in [0.1, 0.15) is 5.82 Å². The highest BCUT2D eigenvalue weighted by Gasteiger charge is 2.33. The van der Waals surface area contributed by atoms with Crippen LogP contribution >= 0.6 is 0 Å². The third-order valence-corrected chi connectivity index (χ3v) is 6.66. The quantitative estimate of drug-likeness (QED) is 0.629. The number of hydrogen-bond donors (Lipinski definition) is 1. The number of aromatic nitrogens is 2. The first kappa shape index (κ1) is 22.0. The zero-order chi connectivity index (χ0) is 23.5. The van der Waals surface area contributed by atoms with Gasteiger partial charge in [-0.1, -0.05) is 12.1 Å². The molecule has 1 N–H and O–H groups in total. The zero-order valence-corrected chi connectivity index (χ0v) is 18.7. The van der Waals surface area contributed by atoms with Crippen molar-refractivity contribution in [3.05, 3.63) is 83.8 Å². The third-order valence-electron chi connectivity index (χ3n) is 6.66. The van der Waals surface area contributed by atoms with Crippen LogP contribution in [0.4, 0.5) is 15.9 Å². The van der Waals surface area contributed by atoms with Crippen molar-refractivity contribution in [2.75, 3.05) is 36.4 Å². The third kappa shape index (κ3) is 4.76. The smallest absolute Gasteiger partial charge is 0.253 e. The van der Waals surface area contributed by atoms with Gasteiger partial charge < -0.3 is 15.1 Å². The van der Waals surface area contributed by atoms with Gasteiger partial charge >= 0.3 is 0 Å². The van der Waals surface area contributed by atoms with Crippen molar-refractivity contribution >= 4 is 23.3 Å². The van der Waals surface area contributed by atoms with E-state index in [1.165, 1.54) is 29.8 Å². The highest BCUT2D eigenvalue weighted by molar-refractivity contribution is 5.95. The molecule has 0 unspecified atom stereocenters. The molecule has 2 saturated heterocycles. The van der Waals surface area contributed by atoms with Crippen molar-refractivity contribution in [2.24, 2.45) is 5.92 Å². The summed E-state index contributed by atoms with van der Waals surface area (Å²) in [6.07, 6.45) is 3.38. The fraction of sp³-hybridized carbons (Fsp3) is 0.308. The topological polar surface area (TPSA) is 78.4 Å². The standard InChI is InChI=1S/C26H26FN5O2/c27-22-7-3-20(4-8-22)26(34)31-14-11-19(12-15-31)18-5-9-23(10-6-18)29-25(33)21-16-32(17-21)24-2-1-13-28-30-24/h1-10,13,19,21H,11-12,14-17H2,(H,29,33). The summed E-state index contributed by atoms with van der Waals surface area (Å²) in [7, 11) is 0. The number of nitrogens with one attached hydrogen (secondary N) is 1. The van der Waals surface area contributed by atoms with Crippen LogP contribution in [0.5, 0.6) is 0 Å². The summed E-state index contributed by atoms with van der Waals surface area (Å²) in [4.78, 5) is 29.1. The first-order valence-electron chi connectivity index (χ1n) is 11.5. The van der Waals surface area contributed by atoms with Crippen LogP contribution in [0.1, 0.15) is 34.7 Å². The van der Waals surface area contributed by atoms with E-state index in [9.17, 15) is 14.0 Å². The SMILES string of the molecule is O=C(Nc1ccc(C2CCN(C(=O)c3ccc(F)cc3)CC2)cc1)C1CN(c2cccnn2)C1. The predicted octanol–water partition coefficient (Wildman–Crippen LogP) is 3.71. The van der Waals surface area contributed by atoms with E-state index in [-0.39, 0.29) is 23.5 Å². The molecule has 8 heteroatoms. The minimum absolute atomic E-state index is 0.0144. The van der Waals surface area contributed by atoms with E-state index >= 15 is 0 Å². The lowest BCUT2D eigenvalue weighted by atomic mass is 9.89. The highest BCUT2D eigenvalue weighted by atomic mass is 19.1. The van der Waals surface area contributed by atoms with Gasteiger partial charge in [-0.25, -0.2) is 4.39 Å². The second kappa shape index (κ2) is 9.59. The number of hydrogen-bond acceptors (Lipinski definition) is 5. The van der Waals surface area contributed by atoms with Crippen molar-refractivity contribution < 1.29 is 14.0 Å². The molecule has 7 nitrogen and oxygen atoms in total. The number of carbonyl (C=O) groups excluding carboxylic acids is 2. The van der Waals surface area contributed by atoms with Gasteiger partial charge in [0.15, 0.2) is 5.82 Å². The number of likely N-dealkylation sites (tertiary alicyclic amines) is 1. The Morgan fingerprint density at radius 3 is 2.29 bits per heavy atom. The molecular weight excluding hydrogens is 433 g/mol. The Morgan fingerprint density at radius 1 is 0.941 bits per heavy atom. The van der Waals surface area contributed by atoms with Crippen LogP contribution in [-0.4, -0.2) is 53.1 Å². The van der Waals surface area contributed by atoms with Gasteiger partial charge in [-0.05, 0) is 72.9 Å². The minimum Gasteiger partial charge on any atom is -0.353 e. The molecular formula is C26H26FN5O2. The van der Waals surface area contributed by atoms with Crippen molar-refractivity contribution in [3.8, 4) is 0 Å². The summed E-state index contributed by atoms with van der Waals surface area (Å²) in [5, 5.41) is 11.0. The van der Waals surface area contributed by atoms with Crippen LogP contribution in [0.15, 0.2) is 66.9 Å². The number of anilines is 2. The van der Waals surface area contributed by atoms with Gasteiger partial charge in [0.05, 0.1) is 5.92 Å². The number of nitrogens with zero attached hydrogens (tertiary/aromatic N) is 4. The Kier molecular flexibility index (Phi) is 6.20. The molecule has 0 radical (unpaired) electrons. The van der Waals surface area contributed by atoms with Crippen LogP contribution in [0.25, 0.3) is 0 Å². The average Bonchev–Trinajstić information content (AvgIpc) is 2.84. The average molecular weight is 460 g/mol. The summed E-state index contributed by atoms with van der Waals surface area (Å²) in [6.45, 7) is 2.61. The second-order valence-electron chi connectivity index (χ2n) is 8.87. The molecule has 0 spiro atoms. The molecule has 2 fully saturated rings. The van der Waals surface area contributed by atoms with Gasteiger partial charge in [-0.15, -0.1) is 5.10 Å². The number of benzene rings is 2. The van der Waals surface area contributed by atoms with Crippen LogP contribution in [0.3, 0.4) is 0 Å². The normalized spacial score (nSPS) is 16.7. The molecule has 3 heterocycles. The molecule has 0 atom stereocenters. The fourth-order valence-corrected chi connectivity index (χ4v) is 4.57. The number of carbonyl (C=O) groups is 2. The number of rotatable bonds is 5. The minimum atomic E-state index is -0.341. The first-order chi connectivity index (χ1) is 16.6. The summed E-state index contributed by atoms with van der Waals surface area (Å²) in [5.74, 6) is 0.720. The molecule has 2 amide bonds. The molecule has 174 valence electrons. The Hall–Kier alpha value is -3.81. The van der Waals surface area contributed by atoms with Crippen molar-refractivity contribution in [2.45, 2.75) is 18.8 Å². The lowest BCUT2D eigenvalue weighted by Gasteiger charge is -2.38. The monoisotopic (exact) mass is 459 g/mol. The largest absolute Gasteiger partial charge is 0.353 e. The molecule has 0 bridgehead atoms. The van der Waals surface area contributed by atoms with Crippen molar-refractivity contribution in [1.29, 1.82) is 0 Å². The van der Waals surface area contributed by atoms with E-state index in [2.05, 4.69) is 27.6 Å². The molecule has 0 aliphatic carbocycles. The molecule has 34 heavy (non-hydrogen) atoms. The van der Waals surface area contributed by atoms with E-state index in [1.807, 2.05) is 34.1 Å². The molecule has 5 rings (SSSR count). The van der Waals surface area contributed by atoms with E-state index in [1.54, 1.807) is 6.20 Å². The molecule has 3 aromatic rings. The van der Waals surface area contributed by atoms with E-state index < -0.39 is 0 Å². The number of amides is 2. The molecule has 2 aliphatic heterocycles. The molecule has 2 aromatic carbocycles. The van der Waals surface area contributed by atoms with Crippen LogP contribution in [0.2, 0.25) is 0 Å². The van der Waals surface area contributed by atoms with Gasteiger partial charge in [0, 0.05) is 43.6 Å². The Labute approximate surface area is 197 Å². The summed E-state index contributed by atoms with van der Waals surface area (Å²) < 4.78 is 13.1. The maximum absolute atomic E-state index is 13.1. The second-order valence-corrected chi connectivity index (χ2v) is 8.87. The summed E-state index contributed by atoms with van der Waals surface area (Å²) >= 11 is 0. The fourth-order valence-electron chi connectivity index (χ4n) is 4.57. The molecule has 0 saturated carbocycles. The zero-order valence-electron chi connectivity index (χ0n) is 18.7. The van der Waals surface area contributed by atoms with Crippen molar-refractivity contribution in [1.82, 2.24) is 15.1 Å². The lowest BCUT2D eigenvalue weighted by Crippen LogP contribution is -2.52. The summed E-state index contributed by atoms with van der Waals surface area (Å²) in [5.41, 5.74) is 2.52. The predicted molar refractivity (Wildman–Crippen MR) is 127 cm³/mol. The maximum Gasteiger partial charge on any atom is 0.253 e. The van der Waals surface area contributed by atoms with Crippen molar-refractivity contribution in [3.63, 3.8) is 0 Å². The van der Waals surface area contributed by atoms with E-state index in [0.717, 1.165) is 24.3 Å².